The van der Waals surface area contributed by atoms with Gasteiger partial charge in [-0.1, -0.05) is 0 Å². The van der Waals surface area contributed by atoms with E-state index in [4.69, 9.17) is 0 Å². The van der Waals surface area contributed by atoms with Gasteiger partial charge in [0.2, 0.25) is 11.8 Å². The summed E-state index contributed by atoms with van der Waals surface area (Å²) in [5, 5.41) is 5.36. The van der Waals surface area contributed by atoms with E-state index in [1.165, 1.54) is 0 Å². The van der Waals surface area contributed by atoms with Gasteiger partial charge in [-0.3, -0.25) is 9.59 Å². The van der Waals surface area contributed by atoms with Crippen LogP contribution in [-0.4, -0.2) is 25.9 Å². The van der Waals surface area contributed by atoms with Gasteiger partial charge in [-0.05, 0) is 31.1 Å². The molecule has 4 nitrogen and oxygen atoms in total. The molecule has 2 bridgehead atoms. The highest BCUT2D eigenvalue weighted by molar-refractivity contribution is 5.88. The zero-order valence-electron chi connectivity index (χ0n) is 9.25. The Bertz CT molecular complexity index is 262. The molecule has 2 aliphatic carbocycles. The lowest BCUT2D eigenvalue weighted by Gasteiger charge is -2.28. The molecule has 0 heterocycles. The highest BCUT2D eigenvalue weighted by atomic mass is 16.2. The lowest BCUT2D eigenvalue weighted by Crippen LogP contribution is -2.43. The van der Waals surface area contributed by atoms with Gasteiger partial charge in [0.25, 0.3) is 0 Å². The zero-order valence-corrected chi connectivity index (χ0v) is 9.25. The molecule has 4 atom stereocenters. The average molecular weight is 210 g/mol. The first-order valence-electron chi connectivity index (χ1n) is 5.62. The van der Waals surface area contributed by atoms with E-state index in [0.29, 0.717) is 11.8 Å². The molecule has 0 saturated heterocycles. The number of amides is 2. The summed E-state index contributed by atoms with van der Waals surface area (Å²) in [6.45, 7) is 0. The smallest absolute Gasteiger partial charge is 0.223 e. The minimum Gasteiger partial charge on any atom is -0.359 e. The molecule has 2 amide bonds. The third-order valence-electron chi connectivity index (χ3n) is 4.01. The van der Waals surface area contributed by atoms with Crippen LogP contribution in [0, 0.1) is 23.7 Å². The first kappa shape index (κ1) is 10.5. The van der Waals surface area contributed by atoms with Gasteiger partial charge in [-0.15, -0.1) is 0 Å². The van der Waals surface area contributed by atoms with E-state index in [0.717, 1.165) is 19.3 Å². The largest absolute Gasteiger partial charge is 0.359 e. The summed E-state index contributed by atoms with van der Waals surface area (Å²) in [5.74, 6) is 0.753. The summed E-state index contributed by atoms with van der Waals surface area (Å²) in [6.07, 6.45) is 3.27. The molecule has 0 spiro atoms. The summed E-state index contributed by atoms with van der Waals surface area (Å²) in [7, 11) is 3.30. The number of rotatable bonds is 2. The highest BCUT2D eigenvalue weighted by Gasteiger charge is 2.53. The van der Waals surface area contributed by atoms with E-state index in [-0.39, 0.29) is 23.7 Å². The third kappa shape index (κ3) is 1.52. The molecule has 0 aromatic carbocycles. The third-order valence-corrected chi connectivity index (χ3v) is 4.01. The Balaban J connectivity index is 2.19. The van der Waals surface area contributed by atoms with E-state index in [1.807, 2.05) is 0 Å². The number of hydrogen-bond donors (Lipinski definition) is 2. The Kier molecular flexibility index (Phi) is 2.67. The van der Waals surface area contributed by atoms with Crippen molar-refractivity contribution in [3.05, 3.63) is 0 Å². The predicted molar refractivity (Wildman–Crippen MR) is 55.9 cm³/mol. The van der Waals surface area contributed by atoms with Gasteiger partial charge in [-0.2, -0.15) is 0 Å². The first-order chi connectivity index (χ1) is 7.19. The number of fused-ring (bicyclic) bond motifs is 2. The maximum atomic E-state index is 11.7. The van der Waals surface area contributed by atoms with Crippen LogP contribution in [0.4, 0.5) is 0 Å². The second kappa shape index (κ2) is 3.83. The van der Waals surface area contributed by atoms with Gasteiger partial charge < -0.3 is 10.6 Å². The van der Waals surface area contributed by atoms with Crippen molar-refractivity contribution in [3.63, 3.8) is 0 Å². The van der Waals surface area contributed by atoms with Crippen LogP contribution in [0.15, 0.2) is 0 Å². The van der Waals surface area contributed by atoms with Gasteiger partial charge in [-0.25, -0.2) is 0 Å². The van der Waals surface area contributed by atoms with Crippen LogP contribution in [-0.2, 0) is 9.59 Å². The van der Waals surface area contributed by atoms with E-state index < -0.39 is 0 Å². The molecule has 0 radical (unpaired) electrons. The van der Waals surface area contributed by atoms with Crippen molar-refractivity contribution in [2.75, 3.05) is 14.1 Å². The quantitative estimate of drug-likeness (QED) is 0.681. The minimum absolute atomic E-state index is 0.0378. The van der Waals surface area contributed by atoms with Gasteiger partial charge in [0.1, 0.15) is 0 Å². The van der Waals surface area contributed by atoms with Crippen LogP contribution < -0.4 is 10.6 Å². The Morgan fingerprint density at radius 3 is 1.67 bits per heavy atom. The molecule has 2 aliphatic rings. The van der Waals surface area contributed by atoms with Gasteiger partial charge >= 0.3 is 0 Å². The maximum Gasteiger partial charge on any atom is 0.223 e. The summed E-state index contributed by atoms with van der Waals surface area (Å²) < 4.78 is 0. The van der Waals surface area contributed by atoms with E-state index in [1.54, 1.807) is 14.1 Å². The van der Waals surface area contributed by atoms with Gasteiger partial charge in [0, 0.05) is 14.1 Å². The second-order valence-corrected chi connectivity index (χ2v) is 4.61. The van der Waals surface area contributed by atoms with Crippen LogP contribution >= 0.6 is 0 Å². The lowest BCUT2D eigenvalue weighted by atomic mass is 9.78. The van der Waals surface area contributed by atoms with E-state index in [9.17, 15) is 9.59 Å². The Morgan fingerprint density at radius 2 is 1.33 bits per heavy atom. The van der Waals surface area contributed by atoms with Crippen molar-refractivity contribution < 1.29 is 9.59 Å². The minimum atomic E-state index is -0.0892. The molecule has 84 valence electrons. The Hall–Kier alpha value is -1.06. The Labute approximate surface area is 89.8 Å². The van der Waals surface area contributed by atoms with Crippen LogP contribution in [0.2, 0.25) is 0 Å². The molecule has 15 heavy (non-hydrogen) atoms. The average Bonchev–Trinajstić information content (AvgIpc) is 2.86. The summed E-state index contributed by atoms with van der Waals surface area (Å²) in [6, 6.07) is 0. The number of carbonyl (C=O) groups is 2. The summed E-state index contributed by atoms with van der Waals surface area (Å²) in [4.78, 5) is 23.5. The highest BCUT2D eigenvalue weighted by Crippen LogP contribution is 2.52. The van der Waals surface area contributed by atoms with Crippen molar-refractivity contribution in [2.45, 2.75) is 19.3 Å². The van der Waals surface area contributed by atoms with Crippen molar-refractivity contribution >= 4 is 11.8 Å². The fourth-order valence-electron chi connectivity index (χ4n) is 3.38. The molecule has 2 saturated carbocycles. The molecule has 0 aromatic heterocycles. The molecule has 2 fully saturated rings. The van der Waals surface area contributed by atoms with Gasteiger partial charge in [0.15, 0.2) is 0 Å². The van der Waals surface area contributed by atoms with Crippen molar-refractivity contribution in [1.29, 1.82) is 0 Å². The molecule has 2 rings (SSSR count). The molecule has 2 N–H and O–H groups in total. The SMILES string of the molecule is CNC(=O)[C@H]1[C@H]2CC[C@@H](C2)[C@@H]1C(=O)NC. The molecule has 0 aromatic rings. The van der Waals surface area contributed by atoms with Crippen LogP contribution in [0.25, 0.3) is 0 Å². The fourth-order valence-corrected chi connectivity index (χ4v) is 3.38. The summed E-state index contributed by atoms with van der Waals surface area (Å²) >= 11 is 0. The van der Waals surface area contributed by atoms with E-state index >= 15 is 0 Å². The van der Waals surface area contributed by atoms with Crippen LogP contribution in [0.5, 0.6) is 0 Å². The number of nitrogens with one attached hydrogen (secondary N) is 2. The zero-order chi connectivity index (χ0) is 11.0. The molecular formula is C11H18N2O2. The molecule has 0 unspecified atom stereocenters. The standard InChI is InChI=1S/C11H18N2O2/c1-12-10(14)8-6-3-4-7(5-6)9(8)11(15)13-2/h6-9H,3-5H2,1-2H3,(H,12,14)(H,13,15)/t6-,7-,8-,9-/m0/s1. The van der Waals surface area contributed by atoms with Crippen LogP contribution in [0.3, 0.4) is 0 Å². The summed E-state index contributed by atoms with van der Waals surface area (Å²) in [5.41, 5.74) is 0. The van der Waals surface area contributed by atoms with E-state index in [2.05, 4.69) is 10.6 Å². The fraction of sp³-hybridized carbons (Fsp3) is 0.818. The number of carbonyl (C=O) groups excluding carboxylic acids is 2. The Morgan fingerprint density at radius 1 is 0.933 bits per heavy atom. The monoisotopic (exact) mass is 210 g/mol. The van der Waals surface area contributed by atoms with Crippen LogP contribution in [0.1, 0.15) is 19.3 Å². The first-order valence-corrected chi connectivity index (χ1v) is 5.62. The second-order valence-electron chi connectivity index (χ2n) is 4.61. The molecular weight excluding hydrogens is 192 g/mol. The van der Waals surface area contributed by atoms with Crippen molar-refractivity contribution in [3.8, 4) is 0 Å². The maximum absolute atomic E-state index is 11.7. The predicted octanol–water partition coefficient (Wildman–Crippen LogP) is 0.141. The van der Waals surface area contributed by atoms with Gasteiger partial charge in [0.05, 0.1) is 11.8 Å². The topological polar surface area (TPSA) is 58.2 Å². The normalized spacial score (nSPS) is 37.7. The van der Waals surface area contributed by atoms with Crippen molar-refractivity contribution in [2.24, 2.45) is 23.7 Å². The molecule has 4 heteroatoms. The van der Waals surface area contributed by atoms with Crippen molar-refractivity contribution in [1.82, 2.24) is 10.6 Å². The molecule has 0 aliphatic heterocycles. The lowest BCUT2D eigenvalue weighted by molar-refractivity contribution is -0.136. The number of hydrogen-bond acceptors (Lipinski definition) is 2.